The van der Waals surface area contributed by atoms with E-state index in [1.54, 1.807) is 0 Å². The summed E-state index contributed by atoms with van der Waals surface area (Å²) < 4.78 is 6.12. The zero-order chi connectivity index (χ0) is 14.8. The number of hydrogen-bond acceptors (Lipinski definition) is 3. The molecule has 0 spiro atoms. The quantitative estimate of drug-likeness (QED) is 0.751. The van der Waals surface area contributed by atoms with Gasteiger partial charge < -0.3 is 15.8 Å². The molecule has 0 heterocycles. The molecule has 0 bridgehead atoms. The Hall–Kier alpha value is -0.610. The molecule has 1 amide bonds. The van der Waals surface area contributed by atoms with Gasteiger partial charge in [-0.3, -0.25) is 4.79 Å². The Morgan fingerprint density at radius 2 is 1.95 bits per heavy atom. The Morgan fingerprint density at radius 1 is 1.25 bits per heavy atom. The number of ether oxygens (including phenoxy) is 1. The summed E-state index contributed by atoms with van der Waals surface area (Å²) in [6.45, 7) is 7.82. The van der Waals surface area contributed by atoms with E-state index in [-0.39, 0.29) is 12.0 Å². The van der Waals surface area contributed by atoms with Gasteiger partial charge in [0.15, 0.2) is 0 Å². The van der Waals surface area contributed by atoms with Crippen molar-refractivity contribution in [3.8, 4) is 0 Å². The summed E-state index contributed by atoms with van der Waals surface area (Å²) in [5, 5.41) is 3.32. The van der Waals surface area contributed by atoms with Crippen molar-refractivity contribution in [2.24, 2.45) is 23.5 Å². The lowest BCUT2D eigenvalue weighted by atomic mass is 9.80. The molecule has 4 heteroatoms. The average Bonchev–Trinajstić information content (AvgIpc) is 3.23. The Labute approximate surface area is 122 Å². The zero-order valence-corrected chi connectivity index (χ0v) is 13.2. The van der Waals surface area contributed by atoms with Gasteiger partial charge in [-0.2, -0.15) is 0 Å². The molecule has 0 aromatic carbocycles. The zero-order valence-electron chi connectivity index (χ0n) is 13.2. The van der Waals surface area contributed by atoms with Gasteiger partial charge in [0.25, 0.3) is 0 Å². The van der Waals surface area contributed by atoms with E-state index in [1.165, 1.54) is 6.42 Å². The van der Waals surface area contributed by atoms with Crippen molar-refractivity contribution in [3.63, 3.8) is 0 Å². The molecule has 2 aliphatic rings. The van der Waals surface area contributed by atoms with Crippen molar-refractivity contribution in [3.05, 3.63) is 0 Å². The van der Waals surface area contributed by atoms with Gasteiger partial charge in [0.1, 0.15) is 5.54 Å². The topological polar surface area (TPSA) is 64.3 Å². The van der Waals surface area contributed by atoms with Crippen molar-refractivity contribution < 1.29 is 9.53 Å². The Bertz CT molecular complexity index is 343. The Morgan fingerprint density at radius 3 is 2.45 bits per heavy atom. The molecule has 4 nitrogen and oxygen atoms in total. The van der Waals surface area contributed by atoms with Crippen LogP contribution in [0.5, 0.6) is 0 Å². The van der Waals surface area contributed by atoms with E-state index < -0.39 is 5.54 Å². The highest BCUT2D eigenvalue weighted by Gasteiger charge is 2.50. The minimum atomic E-state index is -0.638. The monoisotopic (exact) mass is 282 g/mol. The van der Waals surface area contributed by atoms with Crippen molar-refractivity contribution in [2.75, 3.05) is 13.2 Å². The first-order valence-electron chi connectivity index (χ1n) is 8.16. The van der Waals surface area contributed by atoms with Crippen LogP contribution in [0.25, 0.3) is 0 Å². The van der Waals surface area contributed by atoms with Crippen LogP contribution in [0, 0.1) is 17.8 Å². The highest BCUT2D eigenvalue weighted by Crippen LogP contribution is 2.40. The number of primary amides is 1. The maximum absolute atomic E-state index is 12.0. The highest BCUT2D eigenvalue weighted by atomic mass is 16.5. The molecule has 2 saturated carbocycles. The van der Waals surface area contributed by atoms with E-state index >= 15 is 0 Å². The highest BCUT2D eigenvalue weighted by molar-refractivity contribution is 5.85. The van der Waals surface area contributed by atoms with Crippen molar-refractivity contribution >= 4 is 5.91 Å². The summed E-state index contributed by atoms with van der Waals surface area (Å²) in [5.74, 6) is 1.60. The second kappa shape index (κ2) is 6.44. The van der Waals surface area contributed by atoms with E-state index in [1.807, 2.05) is 6.92 Å². The minimum Gasteiger partial charge on any atom is -0.376 e. The largest absolute Gasteiger partial charge is 0.376 e. The Balaban J connectivity index is 1.93. The first kappa shape index (κ1) is 15.8. The number of nitrogens with one attached hydrogen (secondary N) is 1. The summed E-state index contributed by atoms with van der Waals surface area (Å²) in [7, 11) is 0. The lowest BCUT2D eigenvalue weighted by Gasteiger charge is -2.36. The number of carbonyl (C=O) groups excluding carboxylic acids is 1. The van der Waals surface area contributed by atoms with Gasteiger partial charge in [0, 0.05) is 0 Å². The molecule has 3 N–H and O–H groups in total. The molecule has 0 aromatic heterocycles. The summed E-state index contributed by atoms with van der Waals surface area (Å²) in [6.07, 6.45) is 5.89. The van der Waals surface area contributed by atoms with E-state index in [2.05, 4.69) is 19.2 Å². The molecular formula is C16H30N2O2. The van der Waals surface area contributed by atoms with Crippen LogP contribution in [0.15, 0.2) is 0 Å². The van der Waals surface area contributed by atoms with Gasteiger partial charge in [-0.1, -0.05) is 20.8 Å². The van der Waals surface area contributed by atoms with Crippen molar-refractivity contribution in [1.82, 2.24) is 5.32 Å². The van der Waals surface area contributed by atoms with Gasteiger partial charge in [-0.05, 0) is 56.4 Å². The summed E-state index contributed by atoms with van der Waals surface area (Å²) in [5.41, 5.74) is 5.04. The molecular weight excluding hydrogens is 252 g/mol. The second-order valence-electron chi connectivity index (χ2n) is 6.84. The third-order valence-corrected chi connectivity index (χ3v) is 5.30. The van der Waals surface area contributed by atoms with Crippen LogP contribution in [0.4, 0.5) is 0 Å². The number of likely N-dealkylation sites (N-methyl/N-ethyl adjacent to an activating group) is 1. The fourth-order valence-electron chi connectivity index (χ4n) is 3.46. The number of carbonyl (C=O) groups is 1. The molecule has 2 fully saturated rings. The average molecular weight is 282 g/mol. The Kier molecular flexibility index (Phi) is 5.08. The predicted molar refractivity (Wildman–Crippen MR) is 80.2 cm³/mol. The number of amides is 1. The summed E-state index contributed by atoms with van der Waals surface area (Å²) in [6, 6.07) is 0. The normalized spacial score (nSPS) is 33.6. The molecule has 4 atom stereocenters. The first-order chi connectivity index (χ1) is 9.49. The molecule has 0 aliphatic heterocycles. The molecule has 2 rings (SSSR count). The number of rotatable bonds is 7. The molecule has 116 valence electrons. The first-order valence-corrected chi connectivity index (χ1v) is 8.16. The van der Waals surface area contributed by atoms with Crippen LogP contribution in [0.3, 0.4) is 0 Å². The molecule has 0 radical (unpaired) electrons. The minimum absolute atomic E-state index is 0.251. The van der Waals surface area contributed by atoms with Gasteiger partial charge in [-0.25, -0.2) is 0 Å². The van der Waals surface area contributed by atoms with Crippen molar-refractivity contribution in [1.29, 1.82) is 0 Å². The number of hydrogen-bond donors (Lipinski definition) is 2. The molecule has 0 aromatic rings. The lowest BCUT2D eigenvalue weighted by molar-refractivity contribution is -0.130. The smallest absolute Gasteiger partial charge is 0.240 e. The van der Waals surface area contributed by atoms with Gasteiger partial charge >= 0.3 is 0 Å². The lowest BCUT2D eigenvalue weighted by Crippen LogP contribution is -2.60. The third-order valence-electron chi connectivity index (χ3n) is 5.30. The fraction of sp³-hybridized carbons (Fsp3) is 0.938. The van der Waals surface area contributed by atoms with E-state index in [0.717, 1.165) is 38.1 Å². The molecule has 20 heavy (non-hydrogen) atoms. The maximum Gasteiger partial charge on any atom is 0.240 e. The molecule has 2 aliphatic carbocycles. The SMILES string of the molecule is CCNC(COC1CCC(C)C(C)C1)(C(N)=O)C1CC1. The van der Waals surface area contributed by atoms with Crippen LogP contribution >= 0.6 is 0 Å². The third kappa shape index (κ3) is 3.34. The van der Waals surface area contributed by atoms with Gasteiger partial charge in [-0.15, -0.1) is 0 Å². The van der Waals surface area contributed by atoms with Crippen LogP contribution in [0.1, 0.15) is 52.9 Å². The van der Waals surface area contributed by atoms with Gasteiger partial charge in [0.2, 0.25) is 5.91 Å². The second-order valence-corrected chi connectivity index (χ2v) is 6.84. The van der Waals surface area contributed by atoms with Crippen LogP contribution in [-0.4, -0.2) is 30.7 Å². The van der Waals surface area contributed by atoms with Crippen LogP contribution in [-0.2, 0) is 9.53 Å². The van der Waals surface area contributed by atoms with Gasteiger partial charge in [0.05, 0.1) is 12.7 Å². The maximum atomic E-state index is 12.0. The van der Waals surface area contributed by atoms with E-state index in [4.69, 9.17) is 10.5 Å². The fourth-order valence-corrected chi connectivity index (χ4v) is 3.46. The summed E-state index contributed by atoms with van der Waals surface area (Å²) >= 11 is 0. The van der Waals surface area contributed by atoms with E-state index in [0.29, 0.717) is 18.4 Å². The van der Waals surface area contributed by atoms with Crippen LogP contribution < -0.4 is 11.1 Å². The number of nitrogens with two attached hydrogens (primary N) is 1. The van der Waals surface area contributed by atoms with Crippen molar-refractivity contribution in [2.45, 2.75) is 64.5 Å². The van der Waals surface area contributed by atoms with Crippen LogP contribution in [0.2, 0.25) is 0 Å². The molecule has 0 saturated heterocycles. The molecule has 4 unspecified atom stereocenters. The standard InChI is InChI=1S/C16H30N2O2/c1-4-18-16(15(17)19,13-6-7-13)10-20-14-8-5-11(2)12(3)9-14/h11-14,18H,4-10H2,1-3H3,(H2,17,19). The predicted octanol–water partition coefficient (Wildman–Crippen LogP) is 2.07. The van der Waals surface area contributed by atoms with E-state index in [9.17, 15) is 4.79 Å². The summed E-state index contributed by atoms with van der Waals surface area (Å²) in [4.78, 5) is 12.0.